The molecule has 1 amide bonds. The fourth-order valence-corrected chi connectivity index (χ4v) is 3.37. The molecule has 0 unspecified atom stereocenters. The van der Waals surface area contributed by atoms with Gasteiger partial charge in [-0.05, 0) is 38.8 Å². The summed E-state index contributed by atoms with van der Waals surface area (Å²) in [5, 5.41) is 2.73. The number of hydrogen-bond donors (Lipinski definition) is 2. The number of amides is 1. The van der Waals surface area contributed by atoms with Crippen LogP contribution in [0.1, 0.15) is 30.9 Å². The Hall–Kier alpha value is -1.44. The number of nitrogens with one attached hydrogen (secondary N) is 2. The lowest BCUT2D eigenvalue weighted by atomic mass is 10.2. The summed E-state index contributed by atoms with van der Waals surface area (Å²) in [4.78, 5) is 11.9. The van der Waals surface area contributed by atoms with Gasteiger partial charge in [-0.2, -0.15) is 0 Å². The van der Waals surface area contributed by atoms with E-state index in [9.17, 15) is 13.2 Å². The van der Waals surface area contributed by atoms with E-state index in [1.807, 2.05) is 19.9 Å². The van der Waals surface area contributed by atoms with E-state index in [2.05, 4.69) is 10.0 Å². The van der Waals surface area contributed by atoms with Crippen LogP contribution in [0.2, 0.25) is 0 Å². The molecule has 0 heterocycles. The quantitative estimate of drug-likeness (QED) is 0.631. The number of benzene rings is 1. The Morgan fingerprint density at radius 2 is 1.96 bits per heavy atom. The van der Waals surface area contributed by atoms with Crippen molar-refractivity contribution < 1.29 is 17.9 Å². The van der Waals surface area contributed by atoms with Gasteiger partial charge in [0.05, 0.1) is 4.90 Å². The molecule has 0 atom stereocenters. The second-order valence-corrected chi connectivity index (χ2v) is 7.05. The summed E-state index contributed by atoms with van der Waals surface area (Å²) >= 11 is 0. The molecule has 7 heteroatoms. The van der Waals surface area contributed by atoms with Crippen molar-refractivity contribution >= 4 is 15.9 Å². The molecule has 2 N–H and O–H groups in total. The zero-order chi connectivity index (χ0) is 17.3. The molecule has 0 saturated heterocycles. The summed E-state index contributed by atoms with van der Waals surface area (Å²) in [6.45, 7) is 7.46. The Bertz CT molecular complexity index is 615. The molecule has 0 spiro atoms. The van der Waals surface area contributed by atoms with Crippen molar-refractivity contribution in [3.63, 3.8) is 0 Å². The maximum atomic E-state index is 12.2. The van der Waals surface area contributed by atoms with Crippen LogP contribution >= 0.6 is 0 Å². The van der Waals surface area contributed by atoms with E-state index in [1.165, 1.54) is 0 Å². The van der Waals surface area contributed by atoms with Crippen molar-refractivity contribution in [3.8, 4) is 0 Å². The molecule has 0 saturated carbocycles. The molecular weight excluding hydrogens is 316 g/mol. The third-order valence-electron chi connectivity index (χ3n) is 3.26. The Morgan fingerprint density at radius 3 is 2.61 bits per heavy atom. The van der Waals surface area contributed by atoms with Gasteiger partial charge in [-0.3, -0.25) is 4.79 Å². The van der Waals surface area contributed by atoms with Gasteiger partial charge in [0, 0.05) is 32.7 Å². The maximum absolute atomic E-state index is 12.2. The highest BCUT2D eigenvalue weighted by Gasteiger charge is 2.16. The van der Waals surface area contributed by atoms with Crippen LogP contribution in [0.3, 0.4) is 0 Å². The van der Waals surface area contributed by atoms with E-state index in [-0.39, 0.29) is 23.8 Å². The Balaban J connectivity index is 2.37. The zero-order valence-electron chi connectivity index (χ0n) is 14.0. The van der Waals surface area contributed by atoms with Crippen molar-refractivity contribution in [1.29, 1.82) is 0 Å². The Morgan fingerprint density at radius 1 is 1.22 bits per heavy atom. The minimum Gasteiger partial charge on any atom is -0.382 e. The first-order valence-electron chi connectivity index (χ1n) is 7.78. The van der Waals surface area contributed by atoms with Crippen LogP contribution in [0.15, 0.2) is 23.1 Å². The third-order valence-corrected chi connectivity index (χ3v) is 4.88. The highest BCUT2D eigenvalue weighted by Crippen LogP contribution is 2.16. The standard InChI is InChI=1S/C16H26N2O4S/c1-4-22-11-5-9-17-16(19)8-10-18-23(20,21)15-7-6-13(2)12-14(15)3/h6-7,12,18H,4-5,8-11H2,1-3H3,(H,17,19). The average molecular weight is 342 g/mol. The van der Waals surface area contributed by atoms with Crippen LogP contribution in [0.5, 0.6) is 0 Å². The summed E-state index contributed by atoms with van der Waals surface area (Å²) in [5.41, 5.74) is 1.70. The number of carbonyl (C=O) groups excluding carboxylic acids is 1. The van der Waals surface area contributed by atoms with Crippen molar-refractivity contribution in [2.24, 2.45) is 0 Å². The number of rotatable bonds is 10. The highest BCUT2D eigenvalue weighted by atomic mass is 32.2. The minimum atomic E-state index is -3.59. The summed E-state index contributed by atoms with van der Waals surface area (Å²) in [7, 11) is -3.59. The van der Waals surface area contributed by atoms with Crippen molar-refractivity contribution in [2.75, 3.05) is 26.3 Å². The lowest BCUT2D eigenvalue weighted by molar-refractivity contribution is -0.120. The third kappa shape index (κ3) is 7.11. The van der Waals surface area contributed by atoms with Gasteiger partial charge in [-0.15, -0.1) is 0 Å². The van der Waals surface area contributed by atoms with E-state index in [0.717, 1.165) is 12.0 Å². The topological polar surface area (TPSA) is 84.5 Å². The van der Waals surface area contributed by atoms with E-state index >= 15 is 0 Å². The molecule has 1 aromatic carbocycles. The largest absolute Gasteiger partial charge is 0.382 e. The molecule has 0 aliphatic carbocycles. The Kier molecular flexibility index (Phi) is 8.22. The Labute approximate surface area is 138 Å². The fourth-order valence-electron chi connectivity index (χ4n) is 2.11. The first kappa shape index (κ1) is 19.6. The monoisotopic (exact) mass is 342 g/mol. The minimum absolute atomic E-state index is 0.0763. The van der Waals surface area contributed by atoms with Gasteiger partial charge in [0.15, 0.2) is 0 Å². The number of sulfonamides is 1. The van der Waals surface area contributed by atoms with Gasteiger partial charge < -0.3 is 10.1 Å². The number of hydrogen-bond acceptors (Lipinski definition) is 4. The molecule has 0 bridgehead atoms. The normalized spacial score (nSPS) is 11.4. The van der Waals surface area contributed by atoms with E-state index in [4.69, 9.17) is 4.74 Å². The molecule has 130 valence electrons. The fraction of sp³-hybridized carbons (Fsp3) is 0.562. The second-order valence-electron chi connectivity index (χ2n) is 5.32. The molecule has 0 fully saturated rings. The first-order valence-corrected chi connectivity index (χ1v) is 9.26. The summed E-state index contributed by atoms with van der Waals surface area (Å²) in [6, 6.07) is 5.16. The van der Waals surface area contributed by atoms with E-state index in [0.29, 0.717) is 25.3 Å². The second kappa shape index (κ2) is 9.64. The van der Waals surface area contributed by atoms with E-state index in [1.54, 1.807) is 19.1 Å². The number of ether oxygens (including phenoxy) is 1. The molecular formula is C16H26N2O4S. The molecule has 0 aromatic heterocycles. The molecule has 1 aromatic rings. The summed E-state index contributed by atoms with van der Waals surface area (Å²) in [5.74, 6) is -0.176. The number of aryl methyl sites for hydroxylation is 2. The van der Waals surface area contributed by atoms with Gasteiger partial charge in [0.1, 0.15) is 0 Å². The van der Waals surface area contributed by atoms with Crippen LogP contribution in [0, 0.1) is 13.8 Å². The molecule has 0 aliphatic heterocycles. The predicted molar refractivity (Wildman–Crippen MR) is 89.8 cm³/mol. The lowest BCUT2D eigenvalue weighted by Crippen LogP contribution is -2.31. The van der Waals surface area contributed by atoms with Gasteiger partial charge in [-0.1, -0.05) is 17.7 Å². The predicted octanol–water partition coefficient (Wildman–Crippen LogP) is 1.51. The van der Waals surface area contributed by atoms with Crippen molar-refractivity contribution in [3.05, 3.63) is 29.3 Å². The molecule has 0 aliphatic rings. The molecule has 23 heavy (non-hydrogen) atoms. The van der Waals surface area contributed by atoms with Gasteiger partial charge in [-0.25, -0.2) is 13.1 Å². The molecule has 0 radical (unpaired) electrons. The van der Waals surface area contributed by atoms with Crippen LogP contribution in [0.25, 0.3) is 0 Å². The summed E-state index contributed by atoms with van der Waals surface area (Å²) in [6.07, 6.45) is 0.854. The lowest BCUT2D eigenvalue weighted by Gasteiger charge is -2.10. The van der Waals surface area contributed by atoms with Gasteiger partial charge in [0.2, 0.25) is 15.9 Å². The number of carbonyl (C=O) groups is 1. The first-order chi connectivity index (χ1) is 10.9. The van der Waals surface area contributed by atoms with E-state index < -0.39 is 10.0 Å². The van der Waals surface area contributed by atoms with Crippen molar-refractivity contribution in [1.82, 2.24) is 10.0 Å². The summed E-state index contributed by atoms with van der Waals surface area (Å²) < 4.78 is 32.1. The van der Waals surface area contributed by atoms with Crippen LogP contribution in [-0.4, -0.2) is 40.6 Å². The maximum Gasteiger partial charge on any atom is 0.240 e. The van der Waals surface area contributed by atoms with Gasteiger partial charge >= 0.3 is 0 Å². The highest BCUT2D eigenvalue weighted by molar-refractivity contribution is 7.89. The van der Waals surface area contributed by atoms with Crippen LogP contribution < -0.4 is 10.0 Å². The smallest absolute Gasteiger partial charge is 0.240 e. The SMILES string of the molecule is CCOCCCNC(=O)CCNS(=O)(=O)c1ccc(C)cc1C. The van der Waals surface area contributed by atoms with Crippen LogP contribution in [0.4, 0.5) is 0 Å². The van der Waals surface area contributed by atoms with Crippen LogP contribution in [-0.2, 0) is 19.6 Å². The van der Waals surface area contributed by atoms with Crippen molar-refractivity contribution in [2.45, 2.75) is 38.5 Å². The molecule has 1 rings (SSSR count). The molecule has 6 nitrogen and oxygen atoms in total. The zero-order valence-corrected chi connectivity index (χ0v) is 14.8. The van der Waals surface area contributed by atoms with Gasteiger partial charge in [0.25, 0.3) is 0 Å². The average Bonchev–Trinajstić information content (AvgIpc) is 2.46.